The first-order valence-electron chi connectivity index (χ1n) is 11.9. The molecule has 1 amide bonds. The highest BCUT2D eigenvalue weighted by Gasteiger charge is 2.22. The third kappa shape index (κ3) is 5.41. The first-order valence-corrected chi connectivity index (χ1v) is 11.9. The van der Waals surface area contributed by atoms with Gasteiger partial charge in [0.25, 0.3) is 11.5 Å². The fourth-order valence-corrected chi connectivity index (χ4v) is 4.57. The van der Waals surface area contributed by atoms with Gasteiger partial charge in [0.15, 0.2) is 5.82 Å². The molecule has 178 valence electrons. The van der Waals surface area contributed by atoms with Crippen LogP contribution in [0.25, 0.3) is 10.9 Å². The highest BCUT2D eigenvalue weighted by atomic mass is 16.5. The molecule has 0 radical (unpaired) electrons. The zero-order chi connectivity index (χ0) is 24.0. The van der Waals surface area contributed by atoms with Gasteiger partial charge in [-0.05, 0) is 61.7 Å². The molecule has 35 heavy (non-hydrogen) atoms. The second-order valence-corrected chi connectivity index (χ2v) is 8.78. The fraction of sp³-hybridized carbons (Fsp3) is 0.250. The van der Waals surface area contributed by atoms with Crippen molar-refractivity contribution in [1.82, 2.24) is 14.6 Å². The molecule has 1 fully saturated rings. The van der Waals surface area contributed by atoms with E-state index < -0.39 is 0 Å². The van der Waals surface area contributed by atoms with Gasteiger partial charge in [0.1, 0.15) is 12.4 Å². The second-order valence-electron chi connectivity index (χ2n) is 8.78. The number of carbonyl (C=O) groups is 1. The first kappa shape index (κ1) is 22.8. The van der Waals surface area contributed by atoms with Crippen molar-refractivity contribution in [2.45, 2.75) is 25.4 Å². The van der Waals surface area contributed by atoms with Crippen molar-refractivity contribution in [2.75, 3.05) is 25.1 Å². The van der Waals surface area contributed by atoms with E-state index in [-0.39, 0.29) is 24.6 Å². The van der Waals surface area contributed by atoms with E-state index >= 15 is 0 Å². The molecule has 0 atom stereocenters. The zero-order valence-electron chi connectivity index (χ0n) is 19.5. The molecule has 1 aliphatic heterocycles. The normalized spacial score (nSPS) is 14.6. The zero-order valence-corrected chi connectivity index (χ0v) is 19.5. The van der Waals surface area contributed by atoms with Crippen LogP contribution in [-0.2, 0) is 11.4 Å². The molecule has 5 rings (SSSR count). The van der Waals surface area contributed by atoms with Gasteiger partial charge < -0.3 is 4.74 Å². The number of rotatable bonds is 7. The van der Waals surface area contributed by atoms with Crippen LogP contribution in [0.4, 0.5) is 0 Å². The quantitative estimate of drug-likeness (QED) is 0.445. The van der Waals surface area contributed by atoms with Crippen molar-refractivity contribution in [3.05, 3.63) is 107 Å². The van der Waals surface area contributed by atoms with E-state index in [1.54, 1.807) is 18.2 Å². The van der Waals surface area contributed by atoms with Crippen LogP contribution in [0.2, 0.25) is 0 Å². The summed E-state index contributed by atoms with van der Waals surface area (Å²) < 4.78 is 7.06. The summed E-state index contributed by atoms with van der Waals surface area (Å²) in [5, 5.41) is 0.444. The van der Waals surface area contributed by atoms with Gasteiger partial charge in [-0.15, -0.1) is 0 Å². The molecule has 0 spiro atoms. The molecule has 1 aromatic heterocycles. The van der Waals surface area contributed by atoms with E-state index in [1.807, 2.05) is 42.5 Å². The summed E-state index contributed by atoms with van der Waals surface area (Å²) in [5.41, 5.74) is 4.38. The van der Waals surface area contributed by atoms with Crippen molar-refractivity contribution < 1.29 is 9.53 Å². The van der Waals surface area contributed by atoms with Crippen LogP contribution < -0.4 is 15.7 Å². The molecule has 0 bridgehead atoms. The molecule has 7 nitrogen and oxygen atoms in total. The lowest BCUT2D eigenvalue weighted by Gasteiger charge is -2.31. The molecular weight excluding hydrogens is 440 g/mol. The maximum Gasteiger partial charge on any atom is 0.280 e. The number of carbonyl (C=O) groups excluding carboxylic acids is 1. The monoisotopic (exact) mass is 468 g/mol. The minimum atomic E-state index is -0.321. The largest absolute Gasteiger partial charge is 0.486 e. The molecular formula is C28H28N4O3. The molecule has 0 aliphatic carbocycles. The van der Waals surface area contributed by atoms with Crippen molar-refractivity contribution in [2.24, 2.45) is 0 Å². The molecule has 2 heterocycles. The van der Waals surface area contributed by atoms with Gasteiger partial charge in [-0.25, -0.2) is 4.98 Å². The summed E-state index contributed by atoms with van der Waals surface area (Å²) in [6, 6.07) is 27.0. The average Bonchev–Trinajstić information content (AvgIpc) is 2.91. The van der Waals surface area contributed by atoms with Crippen LogP contribution >= 0.6 is 0 Å². The number of hydrogen-bond donors (Lipinski definition) is 1. The summed E-state index contributed by atoms with van der Waals surface area (Å²) in [7, 11) is 0. The number of likely N-dealkylation sites (tertiary alicyclic amines) is 1. The standard InChI is InChI=1S/C28H28N4O3/c33-27(19-31-17-15-22(16-18-31)21-9-3-1-4-10-21)30-32-26(20-35-23-11-5-2-6-12-23)29-25-14-8-7-13-24(25)28(32)34/h1-14,22H,15-20H2,(H,30,33). The number of benzene rings is 3. The summed E-state index contributed by atoms with van der Waals surface area (Å²) in [6.07, 6.45) is 2.01. The molecule has 0 unspecified atom stereocenters. The first-order chi connectivity index (χ1) is 17.2. The van der Waals surface area contributed by atoms with Crippen molar-refractivity contribution in [3.63, 3.8) is 0 Å². The number of amides is 1. The minimum absolute atomic E-state index is 0.0484. The Morgan fingerprint density at radius 2 is 1.57 bits per heavy atom. The number of fused-ring (bicyclic) bond motifs is 1. The average molecular weight is 469 g/mol. The second kappa shape index (κ2) is 10.5. The topological polar surface area (TPSA) is 76.5 Å². The smallest absolute Gasteiger partial charge is 0.280 e. The van der Waals surface area contributed by atoms with Crippen LogP contribution in [0.1, 0.15) is 30.1 Å². The van der Waals surface area contributed by atoms with Crippen LogP contribution in [-0.4, -0.2) is 40.1 Å². The Morgan fingerprint density at radius 1 is 0.914 bits per heavy atom. The fourth-order valence-electron chi connectivity index (χ4n) is 4.57. The lowest BCUT2D eigenvalue weighted by Crippen LogP contribution is -2.43. The molecule has 1 N–H and O–H groups in total. The van der Waals surface area contributed by atoms with Crippen LogP contribution in [0.3, 0.4) is 0 Å². The summed E-state index contributed by atoms with van der Waals surface area (Å²) in [4.78, 5) is 32.9. The van der Waals surface area contributed by atoms with E-state index in [0.29, 0.717) is 28.4 Å². The van der Waals surface area contributed by atoms with Gasteiger partial charge in [0.2, 0.25) is 0 Å². The van der Waals surface area contributed by atoms with Crippen molar-refractivity contribution in [3.8, 4) is 5.75 Å². The van der Waals surface area contributed by atoms with Crippen LogP contribution in [0.15, 0.2) is 89.7 Å². The van der Waals surface area contributed by atoms with Gasteiger partial charge in [-0.2, -0.15) is 4.68 Å². The molecule has 3 aromatic carbocycles. The van der Waals surface area contributed by atoms with Gasteiger partial charge >= 0.3 is 0 Å². The highest BCUT2D eigenvalue weighted by Crippen LogP contribution is 2.27. The van der Waals surface area contributed by atoms with Crippen molar-refractivity contribution in [1.29, 1.82) is 0 Å². The minimum Gasteiger partial charge on any atom is -0.486 e. The van der Waals surface area contributed by atoms with Crippen molar-refractivity contribution >= 4 is 16.8 Å². The molecule has 0 saturated carbocycles. The van der Waals surface area contributed by atoms with E-state index in [9.17, 15) is 9.59 Å². The van der Waals surface area contributed by atoms with Gasteiger partial charge in [0, 0.05) is 0 Å². The maximum atomic E-state index is 13.2. The number of nitrogens with one attached hydrogen (secondary N) is 1. The number of piperidine rings is 1. The predicted molar refractivity (Wildman–Crippen MR) is 136 cm³/mol. The lowest BCUT2D eigenvalue weighted by molar-refractivity contribution is -0.118. The number of hydrogen-bond acceptors (Lipinski definition) is 5. The predicted octanol–water partition coefficient (Wildman–Crippen LogP) is 3.93. The number of aromatic nitrogens is 2. The maximum absolute atomic E-state index is 13.2. The number of para-hydroxylation sites is 2. The summed E-state index contributed by atoms with van der Waals surface area (Å²) in [6.45, 7) is 1.94. The summed E-state index contributed by atoms with van der Waals surface area (Å²) in [5.74, 6) is 1.27. The third-order valence-electron chi connectivity index (χ3n) is 6.42. The third-order valence-corrected chi connectivity index (χ3v) is 6.42. The Hall–Kier alpha value is -3.97. The van der Waals surface area contributed by atoms with E-state index in [2.05, 4.69) is 39.6 Å². The molecule has 7 heteroatoms. The SMILES string of the molecule is O=C(CN1CCC(c2ccccc2)CC1)Nn1c(COc2ccccc2)nc2ccccc2c1=O. The van der Waals surface area contributed by atoms with Gasteiger partial charge in [0.05, 0.1) is 17.4 Å². The van der Waals surface area contributed by atoms with Gasteiger partial charge in [-0.1, -0.05) is 60.7 Å². The Bertz CT molecular complexity index is 1350. The Balaban J connectivity index is 1.29. The Kier molecular flexibility index (Phi) is 6.86. The molecule has 1 saturated heterocycles. The van der Waals surface area contributed by atoms with Crippen LogP contribution in [0.5, 0.6) is 5.75 Å². The molecule has 1 aliphatic rings. The van der Waals surface area contributed by atoms with E-state index in [4.69, 9.17) is 4.74 Å². The lowest BCUT2D eigenvalue weighted by atomic mass is 9.89. The van der Waals surface area contributed by atoms with Gasteiger partial charge in [-0.3, -0.25) is 19.9 Å². The Morgan fingerprint density at radius 3 is 2.31 bits per heavy atom. The van der Waals surface area contributed by atoms with E-state index in [1.165, 1.54) is 10.2 Å². The van der Waals surface area contributed by atoms with Crippen LogP contribution in [0, 0.1) is 0 Å². The summed E-state index contributed by atoms with van der Waals surface area (Å²) >= 11 is 0. The molecule has 4 aromatic rings. The number of nitrogens with zero attached hydrogens (tertiary/aromatic N) is 3. The Labute approximate surface area is 204 Å². The number of ether oxygens (including phenoxy) is 1. The van der Waals surface area contributed by atoms with E-state index in [0.717, 1.165) is 25.9 Å². The highest BCUT2D eigenvalue weighted by molar-refractivity contribution is 5.86.